The molecule has 2 aromatic rings. The molecule has 0 unspecified atom stereocenters. The standard InChI is InChI=1S/C15H16O/c1-12-6-3-4-9-15(12)14-8-5-7-13(10-14)11-16-2/h3-10H,11H2,1-2H3. The smallest absolute Gasteiger partial charge is 0.0713 e. The van der Waals surface area contributed by atoms with Crippen LogP contribution in [0.1, 0.15) is 11.1 Å². The molecule has 0 aromatic heterocycles. The average Bonchev–Trinajstić information content (AvgIpc) is 2.30. The molecule has 1 nitrogen and oxygen atoms in total. The maximum absolute atomic E-state index is 5.15. The predicted molar refractivity (Wildman–Crippen MR) is 67.3 cm³/mol. The van der Waals surface area contributed by atoms with Crippen LogP contribution in [0.25, 0.3) is 11.1 Å². The van der Waals surface area contributed by atoms with Gasteiger partial charge in [0.05, 0.1) is 6.61 Å². The number of rotatable bonds is 3. The number of hydrogen-bond donors (Lipinski definition) is 0. The number of benzene rings is 2. The Morgan fingerprint density at radius 3 is 2.56 bits per heavy atom. The first-order valence-corrected chi connectivity index (χ1v) is 5.45. The summed E-state index contributed by atoms with van der Waals surface area (Å²) < 4.78 is 5.15. The predicted octanol–water partition coefficient (Wildman–Crippen LogP) is 3.81. The van der Waals surface area contributed by atoms with E-state index in [2.05, 4.69) is 55.5 Å². The first kappa shape index (κ1) is 10.9. The lowest BCUT2D eigenvalue weighted by Gasteiger charge is -2.07. The van der Waals surface area contributed by atoms with Crippen molar-refractivity contribution in [2.24, 2.45) is 0 Å². The molecule has 0 amide bonds. The maximum Gasteiger partial charge on any atom is 0.0713 e. The van der Waals surface area contributed by atoms with Crippen LogP contribution in [0.2, 0.25) is 0 Å². The highest BCUT2D eigenvalue weighted by Crippen LogP contribution is 2.23. The normalized spacial score (nSPS) is 10.4. The van der Waals surface area contributed by atoms with E-state index in [4.69, 9.17) is 4.74 Å². The van der Waals surface area contributed by atoms with Gasteiger partial charge >= 0.3 is 0 Å². The molecular formula is C15H16O. The van der Waals surface area contributed by atoms with E-state index in [1.807, 2.05) is 0 Å². The summed E-state index contributed by atoms with van der Waals surface area (Å²) in [6.45, 7) is 2.80. The van der Waals surface area contributed by atoms with Crippen molar-refractivity contribution in [1.82, 2.24) is 0 Å². The molecule has 0 saturated heterocycles. The minimum absolute atomic E-state index is 0.666. The molecule has 0 atom stereocenters. The van der Waals surface area contributed by atoms with Crippen molar-refractivity contribution in [3.63, 3.8) is 0 Å². The third-order valence-electron chi connectivity index (χ3n) is 2.69. The van der Waals surface area contributed by atoms with Crippen molar-refractivity contribution < 1.29 is 4.74 Å². The van der Waals surface area contributed by atoms with Crippen LogP contribution < -0.4 is 0 Å². The minimum Gasteiger partial charge on any atom is -0.380 e. The Bertz CT molecular complexity index is 474. The molecule has 0 saturated carbocycles. The van der Waals surface area contributed by atoms with Crippen molar-refractivity contribution in [2.75, 3.05) is 7.11 Å². The van der Waals surface area contributed by atoms with Crippen molar-refractivity contribution in [2.45, 2.75) is 13.5 Å². The highest BCUT2D eigenvalue weighted by Gasteiger charge is 2.01. The second kappa shape index (κ2) is 4.95. The average molecular weight is 212 g/mol. The number of hydrogen-bond acceptors (Lipinski definition) is 1. The van der Waals surface area contributed by atoms with Gasteiger partial charge in [-0.3, -0.25) is 0 Å². The monoisotopic (exact) mass is 212 g/mol. The largest absolute Gasteiger partial charge is 0.380 e. The quantitative estimate of drug-likeness (QED) is 0.751. The van der Waals surface area contributed by atoms with Crippen LogP contribution in [0.4, 0.5) is 0 Å². The van der Waals surface area contributed by atoms with Gasteiger partial charge in [0.25, 0.3) is 0 Å². The van der Waals surface area contributed by atoms with Crippen molar-refractivity contribution in [1.29, 1.82) is 0 Å². The summed E-state index contributed by atoms with van der Waals surface area (Å²) in [5, 5.41) is 0. The van der Waals surface area contributed by atoms with Gasteiger partial charge in [0.2, 0.25) is 0 Å². The Labute approximate surface area is 96.7 Å². The fourth-order valence-electron chi connectivity index (χ4n) is 1.89. The van der Waals surface area contributed by atoms with Gasteiger partial charge in [-0.05, 0) is 35.2 Å². The van der Waals surface area contributed by atoms with E-state index in [0.717, 1.165) is 0 Å². The molecule has 0 N–H and O–H groups in total. The number of aryl methyl sites for hydroxylation is 1. The van der Waals surface area contributed by atoms with Crippen LogP contribution in [0.15, 0.2) is 48.5 Å². The summed E-state index contributed by atoms with van der Waals surface area (Å²) >= 11 is 0. The van der Waals surface area contributed by atoms with Crippen LogP contribution in [-0.2, 0) is 11.3 Å². The Morgan fingerprint density at radius 2 is 1.81 bits per heavy atom. The second-order valence-corrected chi connectivity index (χ2v) is 3.95. The molecule has 0 fully saturated rings. The Balaban J connectivity index is 2.40. The molecule has 0 aliphatic carbocycles. The fraction of sp³-hybridized carbons (Fsp3) is 0.200. The first-order chi connectivity index (χ1) is 7.81. The van der Waals surface area contributed by atoms with Gasteiger partial charge in [-0.1, -0.05) is 42.5 Å². The van der Waals surface area contributed by atoms with E-state index < -0.39 is 0 Å². The molecule has 2 aromatic carbocycles. The van der Waals surface area contributed by atoms with E-state index in [0.29, 0.717) is 6.61 Å². The van der Waals surface area contributed by atoms with E-state index in [1.54, 1.807) is 7.11 Å². The van der Waals surface area contributed by atoms with E-state index in [9.17, 15) is 0 Å². The summed E-state index contributed by atoms with van der Waals surface area (Å²) in [7, 11) is 1.72. The highest BCUT2D eigenvalue weighted by molar-refractivity contribution is 5.67. The molecule has 0 aliphatic rings. The molecule has 0 spiro atoms. The second-order valence-electron chi connectivity index (χ2n) is 3.95. The molecule has 0 bridgehead atoms. The Kier molecular flexibility index (Phi) is 3.37. The third-order valence-corrected chi connectivity index (χ3v) is 2.69. The summed E-state index contributed by atoms with van der Waals surface area (Å²) in [4.78, 5) is 0. The summed E-state index contributed by atoms with van der Waals surface area (Å²) in [6.07, 6.45) is 0. The van der Waals surface area contributed by atoms with E-state index in [-0.39, 0.29) is 0 Å². The van der Waals surface area contributed by atoms with E-state index in [1.165, 1.54) is 22.3 Å². The summed E-state index contributed by atoms with van der Waals surface area (Å²) in [6, 6.07) is 16.9. The SMILES string of the molecule is COCc1cccc(-c2ccccc2C)c1. The molecule has 0 radical (unpaired) electrons. The zero-order valence-electron chi connectivity index (χ0n) is 9.73. The van der Waals surface area contributed by atoms with Gasteiger partial charge in [-0.15, -0.1) is 0 Å². The number of ether oxygens (including phenoxy) is 1. The van der Waals surface area contributed by atoms with Crippen LogP contribution in [0.5, 0.6) is 0 Å². The van der Waals surface area contributed by atoms with Crippen molar-refractivity contribution in [3.8, 4) is 11.1 Å². The molecule has 2 rings (SSSR count). The van der Waals surface area contributed by atoms with Gasteiger partial charge in [-0.25, -0.2) is 0 Å². The van der Waals surface area contributed by atoms with Crippen LogP contribution in [0.3, 0.4) is 0 Å². The summed E-state index contributed by atoms with van der Waals surface area (Å²) in [5.74, 6) is 0. The van der Waals surface area contributed by atoms with Gasteiger partial charge in [-0.2, -0.15) is 0 Å². The molecule has 16 heavy (non-hydrogen) atoms. The Morgan fingerprint density at radius 1 is 1.00 bits per heavy atom. The fourth-order valence-corrected chi connectivity index (χ4v) is 1.89. The molecule has 1 heteroatoms. The maximum atomic E-state index is 5.15. The van der Waals surface area contributed by atoms with Crippen molar-refractivity contribution in [3.05, 3.63) is 59.7 Å². The Hall–Kier alpha value is -1.60. The van der Waals surface area contributed by atoms with Gasteiger partial charge in [0.1, 0.15) is 0 Å². The molecular weight excluding hydrogens is 196 g/mol. The zero-order valence-corrected chi connectivity index (χ0v) is 9.73. The third kappa shape index (κ3) is 2.31. The molecule has 0 aliphatic heterocycles. The van der Waals surface area contributed by atoms with Crippen molar-refractivity contribution >= 4 is 0 Å². The minimum atomic E-state index is 0.666. The van der Waals surface area contributed by atoms with Gasteiger partial charge < -0.3 is 4.74 Å². The molecule has 0 heterocycles. The zero-order chi connectivity index (χ0) is 11.4. The summed E-state index contributed by atoms with van der Waals surface area (Å²) in [5.41, 5.74) is 5.06. The van der Waals surface area contributed by atoms with Gasteiger partial charge in [0.15, 0.2) is 0 Å². The molecule has 82 valence electrons. The van der Waals surface area contributed by atoms with Crippen LogP contribution in [0, 0.1) is 6.92 Å². The number of methoxy groups -OCH3 is 1. The van der Waals surface area contributed by atoms with E-state index >= 15 is 0 Å². The van der Waals surface area contributed by atoms with Crippen LogP contribution >= 0.6 is 0 Å². The lowest BCUT2D eigenvalue weighted by atomic mass is 9.99. The topological polar surface area (TPSA) is 9.23 Å². The first-order valence-electron chi connectivity index (χ1n) is 5.45. The van der Waals surface area contributed by atoms with Gasteiger partial charge in [0, 0.05) is 7.11 Å². The highest BCUT2D eigenvalue weighted by atomic mass is 16.5. The lowest BCUT2D eigenvalue weighted by molar-refractivity contribution is 0.185. The van der Waals surface area contributed by atoms with Crippen LogP contribution in [-0.4, -0.2) is 7.11 Å². The lowest BCUT2D eigenvalue weighted by Crippen LogP contribution is -1.89.